The standard InChI is InChI=1S/C25H33NO2S.ClH/c1-18-10-6-13-23(20(18)3)24(22-12-5-4-9-19(22)2)29-16-8-15-26-14-7-11-21(17-26)25(27)28;/h4-6,9-10,12-13,21,24H,7-8,11,14-17H2,1-3H3,(H,27,28);1H/t21-,24?;/m1./s1. The normalized spacial score (nSPS) is 17.9. The van der Waals surface area contributed by atoms with Crippen molar-refractivity contribution in [1.82, 2.24) is 4.90 Å². The summed E-state index contributed by atoms with van der Waals surface area (Å²) >= 11 is 2.02. The Labute approximate surface area is 191 Å². The summed E-state index contributed by atoms with van der Waals surface area (Å²) in [6.07, 6.45) is 2.91. The molecule has 2 aromatic rings. The number of hydrogen-bond donors (Lipinski definition) is 1. The molecule has 1 heterocycles. The van der Waals surface area contributed by atoms with E-state index < -0.39 is 5.97 Å². The van der Waals surface area contributed by atoms with Gasteiger partial charge in [-0.15, -0.1) is 24.2 Å². The van der Waals surface area contributed by atoms with Crippen molar-refractivity contribution in [3.05, 3.63) is 70.3 Å². The van der Waals surface area contributed by atoms with Gasteiger partial charge in [-0.1, -0.05) is 42.5 Å². The van der Waals surface area contributed by atoms with Gasteiger partial charge in [0.15, 0.2) is 0 Å². The van der Waals surface area contributed by atoms with Crippen molar-refractivity contribution in [1.29, 1.82) is 0 Å². The van der Waals surface area contributed by atoms with Crippen LogP contribution in [0.3, 0.4) is 0 Å². The highest BCUT2D eigenvalue weighted by atomic mass is 35.5. The number of thioether (sulfide) groups is 1. The van der Waals surface area contributed by atoms with E-state index in [0.29, 0.717) is 11.8 Å². The molecule has 1 N–H and O–H groups in total. The molecule has 0 spiro atoms. The highest BCUT2D eigenvalue weighted by Crippen LogP contribution is 2.39. The van der Waals surface area contributed by atoms with Crippen LogP contribution in [0.25, 0.3) is 0 Å². The number of carbonyl (C=O) groups is 1. The quantitative estimate of drug-likeness (QED) is 0.500. The summed E-state index contributed by atoms with van der Waals surface area (Å²) in [5.41, 5.74) is 6.87. The monoisotopic (exact) mass is 447 g/mol. The maximum absolute atomic E-state index is 11.3. The third kappa shape index (κ3) is 6.26. The number of halogens is 1. The Morgan fingerprint density at radius 2 is 1.80 bits per heavy atom. The molecule has 0 aromatic heterocycles. The highest BCUT2D eigenvalue weighted by Gasteiger charge is 2.25. The molecule has 0 bridgehead atoms. The van der Waals surface area contributed by atoms with Crippen molar-refractivity contribution in [2.75, 3.05) is 25.4 Å². The van der Waals surface area contributed by atoms with Crippen molar-refractivity contribution in [3.63, 3.8) is 0 Å². The van der Waals surface area contributed by atoms with Crippen LogP contribution >= 0.6 is 24.2 Å². The largest absolute Gasteiger partial charge is 0.481 e. The molecule has 1 aliphatic heterocycles. The summed E-state index contributed by atoms with van der Waals surface area (Å²) < 4.78 is 0. The lowest BCUT2D eigenvalue weighted by molar-refractivity contribution is -0.143. The summed E-state index contributed by atoms with van der Waals surface area (Å²) in [4.78, 5) is 13.6. The third-order valence-electron chi connectivity index (χ3n) is 6.16. The zero-order valence-corrected chi connectivity index (χ0v) is 19.9. The van der Waals surface area contributed by atoms with Crippen LogP contribution in [0.4, 0.5) is 0 Å². The van der Waals surface area contributed by atoms with E-state index in [9.17, 15) is 9.90 Å². The number of piperidine rings is 1. The fourth-order valence-electron chi connectivity index (χ4n) is 4.24. The highest BCUT2D eigenvalue weighted by molar-refractivity contribution is 7.99. The predicted molar refractivity (Wildman–Crippen MR) is 130 cm³/mol. The molecule has 2 atom stereocenters. The summed E-state index contributed by atoms with van der Waals surface area (Å²) in [5, 5.41) is 9.63. The molecular formula is C25H34ClNO2S. The molecule has 1 aliphatic rings. The van der Waals surface area contributed by atoms with Gasteiger partial charge in [-0.3, -0.25) is 4.79 Å². The fourth-order valence-corrected chi connectivity index (χ4v) is 5.65. The van der Waals surface area contributed by atoms with E-state index in [4.69, 9.17) is 0 Å². The molecule has 1 unspecified atom stereocenters. The van der Waals surface area contributed by atoms with Crippen molar-refractivity contribution in [2.45, 2.75) is 45.3 Å². The van der Waals surface area contributed by atoms with Gasteiger partial charge >= 0.3 is 5.97 Å². The number of likely N-dealkylation sites (tertiary alicyclic amines) is 1. The fraction of sp³-hybridized carbons (Fsp3) is 0.480. The van der Waals surface area contributed by atoms with Crippen LogP contribution in [0, 0.1) is 26.7 Å². The molecule has 0 amide bonds. The second-order valence-electron chi connectivity index (χ2n) is 8.23. The molecule has 0 saturated carbocycles. The lowest BCUT2D eigenvalue weighted by Crippen LogP contribution is -2.39. The predicted octanol–water partition coefficient (Wildman–Crippen LogP) is 6.04. The molecule has 1 saturated heterocycles. The van der Waals surface area contributed by atoms with Gasteiger partial charge in [0.25, 0.3) is 0 Å². The average molecular weight is 448 g/mol. The molecule has 3 rings (SSSR count). The second-order valence-corrected chi connectivity index (χ2v) is 9.44. The molecule has 30 heavy (non-hydrogen) atoms. The zero-order valence-electron chi connectivity index (χ0n) is 18.3. The maximum atomic E-state index is 11.3. The van der Waals surface area contributed by atoms with Gasteiger partial charge in [0.1, 0.15) is 0 Å². The maximum Gasteiger partial charge on any atom is 0.307 e. The lowest BCUT2D eigenvalue weighted by Gasteiger charge is -2.30. The minimum absolute atomic E-state index is 0. The Morgan fingerprint density at radius 1 is 1.10 bits per heavy atom. The van der Waals surface area contributed by atoms with E-state index >= 15 is 0 Å². The molecular weight excluding hydrogens is 414 g/mol. The van der Waals surface area contributed by atoms with E-state index in [1.165, 1.54) is 27.8 Å². The first-order valence-electron chi connectivity index (χ1n) is 10.7. The van der Waals surface area contributed by atoms with Crippen LogP contribution in [0.2, 0.25) is 0 Å². The number of hydrogen-bond acceptors (Lipinski definition) is 3. The van der Waals surface area contributed by atoms with E-state index in [0.717, 1.165) is 38.1 Å². The van der Waals surface area contributed by atoms with Crippen molar-refractivity contribution >= 4 is 30.1 Å². The summed E-state index contributed by atoms with van der Waals surface area (Å²) in [6.45, 7) is 9.35. The van der Waals surface area contributed by atoms with E-state index in [2.05, 4.69) is 68.1 Å². The first-order valence-corrected chi connectivity index (χ1v) is 11.7. The molecule has 0 radical (unpaired) electrons. The van der Waals surface area contributed by atoms with E-state index in [1.54, 1.807) is 0 Å². The summed E-state index contributed by atoms with van der Waals surface area (Å²) in [5.74, 6) is 0.241. The molecule has 3 nitrogen and oxygen atoms in total. The minimum Gasteiger partial charge on any atom is -0.481 e. The molecule has 164 valence electrons. The Balaban J connectivity index is 0.00000320. The number of nitrogens with zero attached hydrogens (tertiary/aromatic N) is 1. The van der Waals surface area contributed by atoms with E-state index in [-0.39, 0.29) is 18.3 Å². The Kier molecular flexibility index (Phi) is 9.73. The summed E-state index contributed by atoms with van der Waals surface area (Å²) in [6, 6.07) is 15.3. The topological polar surface area (TPSA) is 40.5 Å². The average Bonchev–Trinajstić information content (AvgIpc) is 2.71. The van der Waals surface area contributed by atoms with Crippen LogP contribution in [0.15, 0.2) is 42.5 Å². The number of aliphatic carboxylic acids is 1. The number of benzene rings is 2. The lowest BCUT2D eigenvalue weighted by atomic mass is 9.95. The third-order valence-corrected chi connectivity index (χ3v) is 7.52. The molecule has 0 aliphatic carbocycles. The van der Waals surface area contributed by atoms with Crippen molar-refractivity contribution in [2.24, 2.45) is 5.92 Å². The van der Waals surface area contributed by atoms with Gasteiger partial charge < -0.3 is 10.0 Å². The minimum atomic E-state index is -0.640. The summed E-state index contributed by atoms with van der Waals surface area (Å²) in [7, 11) is 0. The van der Waals surface area contributed by atoms with Crippen LogP contribution in [0.5, 0.6) is 0 Å². The molecule has 1 fully saturated rings. The van der Waals surface area contributed by atoms with Gasteiger partial charge in [0.05, 0.1) is 11.2 Å². The van der Waals surface area contributed by atoms with Crippen LogP contribution < -0.4 is 0 Å². The Morgan fingerprint density at radius 3 is 2.53 bits per heavy atom. The second kappa shape index (κ2) is 11.8. The number of carboxylic acids is 1. The van der Waals surface area contributed by atoms with Gasteiger partial charge in [-0.25, -0.2) is 0 Å². The molecule has 2 aromatic carbocycles. The van der Waals surface area contributed by atoms with Gasteiger partial charge in [0, 0.05) is 6.54 Å². The molecule has 5 heteroatoms. The van der Waals surface area contributed by atoms with E-state index in [1.807, 2.05) is 11.8 Å². The zero-order chi connectivity index (χ0) is 20.8. The van der Waals surface area contributed by atoms with Crippen molar-refractivity contribution in [3.8, 4) is 0 Å². The number of aryl methyl sites for hydroxylation is 2. The first-order chi connectivity index (χ1) is 14.0. The van der Waals surface area contributed by atoms with Gasteiger partial charge in [-0.05, 0) is 86.7 Å². The van der Waals surface area contributed by atoms with Crippen LogP contribution in [-0.4, -0.2) is 41.4 Å². The Hall–Kier alpha value is -1.49. The first kappa shape index (κ1) is 24.8. The Bertz CT molecular complexity index is 842. The van der Waals surface area contributed by atoms with Crippen LogP contribution in [-0.2, 0) is 4.79 Å². The van der Waals surface area contributed by atoms with Crippen molar-refractivity contribution < 1.29 is 9.90 Å². The van der Waals surface area contributed by atoms with Gasteiger partial charge in [0.2, 0.25) is 0 Å². The number of rotatable bonds is 8. The van der Waals surface area contributed by atoms with Gasteiger partial charge in [-0.2, -0.15) is 0 Å². The van der Waals surface area contributed by atoms with Crippen LogP contribution in [0.1, 0.15) is 52.3 Å². The number of carboxylic acid groups (broad SMARTS) is 1. The SMILES string of the molecule is Cc1ccccc1C(SCCCN1CCC[C@@H](C(=O)O)C1)c1cccc(C)c1C.Cl. The smallest absolute Gasteiger partial charge is 0.307 e.